The van der Waals surface area contributed by atoms with Gasteiger partial charge in [-0.2, -0.15) is 0 Å². The van der Waals surface area contributed by atoms with Crippen LogP contribution in [-0.4, -0.2) is 25.5 Å². The molecule has 0 aromatic carbocycles. The molecular weight excluding hydrogens is 224 g/mol. The lowest BCUT2D eigenvalue weighted by Crippen LogP contribution is -2.47. The smallest absolute Gasteiger partial charge is 0.226 e. The summed E-state index contributed by atoms with van der Waals surface area (Å²) in [6, 6.07) is 0. The fourth-order valence-corrected chi connectivity index (χ4v) is 3.16. The maximum Gasteiger partial charge on any atom is 0.226 e. The van der Waals surface area contributed by atoms with E-state index in [0.717, 1.165) is 57.7 Å². The molecule has 1 aliphatic carbocycles. The summed E-state index contributed by atoms with van der Waals surface area (Å²) < 4.78 is 0. The van der Waals surface area contributed by atoms with Crippen LogP contribution in [0.2, 0.25) is 0 Å². The van der Waals surface area contributed by atoms with Crippen LogP contribution in [-0.2, 0) is 4.79 Å². The summed E-state index contributed by atoms with van der Waals surface area (Å²) >= 11 is 0. The van der Waals surface area contributed by atoms with Gasteiger partial charge in [-0.15, -0.1) is 0 Å². The molecule has 0 spiro atoms. The van der Waals surface area contributed by atoms with Crippen LogP contribution in [0.3, 0.4) is 0 Å². The third-order valence-corrected chi connectivity index (χ3v) is 4.54. The van der Waals surface area contributed by atoms with Gasteiger partial charge in [0.1, 0.15) is 0 Å². The Balaban J connectivity index is 1.74. The minimum Gasteiger partial charge on any atom is -0.356 e. The van der Waals surface area contributed by atoms with E-state index in [1.54, 1.807) is 0 Å². The zero-order chi connectivity index (χ0) is 12.8. The fraction of sp³-hybridized carbons (Fsp3) is 0.933. The van der Waals surface area contributed by atoms with Gasteiger partial charge in [-0.25, -0.2) is 0 Å². The number of amides is 1. The number of carbonyl (C=O) groups is 1. The van der Waals surface area contributed by atoms with E-state index >= 15 is 0 Å². The van der Waals surface area contributed by atoms with Gasteiger partial charge in [0, 0.05) is 6.54 Å². The molecule has 18 heavy (non-hydrogen) atoms. The van der Waals surface area contributed by atoms with Crippen molar-refractivity contribution >= 4 is 5.91 Å². The molecule has 0 atom stereocenters. The molecule has 1 saturated carbocycles. The lowest BCUT2D eigenvalue weighted by Gasteiger charge is -2.36. The summed E-state index contributed by atoms with van der Waals surface area (Å²) in [4.78, 5) is 12.4. The van der Waals surface area contributed by atoms with Gasteiger partial charge >= 0.3 is 0 Å². The second-order valence-corrected chi connectivity index (χ2v) is 6.12. The summed E-state index contributed by atoms with van der Waals surface area (Å²) in [6.07, 6.45) is 9.47. The summed E-state index contributed by atoms with van der Waals surface area (Å²) in [5.41, 5.74) is -0.0699. The number of hydrogen-bond acceptors (Lipinski definition) is 2. The number of carbonyl (C=O) groups excluding carboxylic acids is 1. The van der Waals surface area contributed by atoms with Gasteiger partial charge in [0.2, 0.25) is 5.91 Å². The largest absolute Gasteiger partial charge is 0.356 e. The van der Waals surface area contributed by atoms with Gasteiger partial charge in [-0.1, -0.05) is 26.2 Å². The average molecular weight is 252 g/mol. The van der Waals surface area contributed by atoms with E-state index in [2.05, 4.69) is 17.6 Å². The molecule has 1 aliphatic heterocycles. The number of piperidine rings is 1. The molecule has 2 fully saturated rings. The van der Waals surface area contributed by atoms with Crippen LogP contribution in [0.25, 0.3) is 0 Å². The van der Waals surface area contributed by atoms with E-state index in [1.807, 2.05) is 0 Å². The number of nitrogens with one attached hydrogen (secondary N) is 2. The lowest BCUT2D eigenvalue weighted by molar-refractivity contribution is -0.133. The first-order chi connectivity index (χ1) is 8.77. The van der Waals surface area contributed by atoms with Crippen LogP contribution in [0.4, 0.5) is 0 Å². The van der Waals surface area contributed by atoms with E-state index in [-0.39, 0.29) is 5.41 Å². The van der Waals surface area contributed by atoms with Crippen molar-refractivity contribution in [1.29, 1.82) is 0 Å². The molecule has 0 radical (unpaired) electrons. The van der Waals surface area contributed by atoms with Crippen molar-refractivity contribution in [3.63, 3.8) is 0 Å². The normalized spacial score (nSPS) is 22.7. The van der Waals surface area contributed by atoms with Crippen LogP contribution in [0.1, 0.15) is 58.3 Å². The van der Waals surface area contributed by atoms with Gasteiger partial charge in [-0.05, 0) is 51.1 Å². The SMILES string of the molecule is CCCC1(C(=O)NCCCC2CC2)CCNCC1. The van der Waals surface area contributed by atoms with Gasteiger partial charge in [-0.3, -0.25) is 4.79 Å². The molecule has 1 amide bonds. The highest BCUT2D eigenvalue weighted by Gasteiger charge is 2.38. The second-order valence-electron chi connectivity index (χ2n) is 6.12. The summed E-state index contributed by atoms with van der Waals surface area (Å²) in [7, 11) is 0. The third-order valence-electron chi connectivity index (χ3n) is 4.54. The minimum absolute atomic E-state index is 0.0699. The number of hydrogen-bond donors (Lipinski definition) is 2. The molecule has 2 rings (SSSR count). The van der Waals surface area contributed by atoms with Crippen molar-refractivity contribution in [1.82, 2.24) is 10.6 Å². The molecule has 3 heteroatoms. The van der Waals surface area contributed by atoms with Gasteiger partial charge < -0.3 is 10.6 Å². The van der Waals surface area contributed by atoms with Crippen molar-refractivity contribution in [3.05, 3.63) is 0 Å². The van der Waals surface area contributed by atoms with Crippen molar-refractivity contribution in [2.75, 3.05) is 19.6 Å². The van der Waals surface area contributed by atoms with E-state index < -0.39 is 0 Å². The summed E-state index contributed by atoms with van der Waals surface area (Å²) in [5.74, 6) is 1.30. The molecule has 2 N–H and O–H groups in total. The molecule has 0 aromatic heterocycles. The van der Waals surface area contributed by atoms with Crippen LogP contribution in [0.5, 0.6) is 0 Å². The second kappa shape index (κ2) is 6.55. The molecule has 0 unspecified atom stereocenters. The lowest BCUT2D eigenvalue weighted by atomic mass is 9.74. The van der Waals surface area contributed by atoms with E-state index in [1.165, 1.54) is 19.3 Å². The van der Waals surface area contributed by atoms with E-state index in [9.17, 15) is 4.79 Å². The fourth-order valence-electron chi connectivity index (χ4n) is 3.16. The molecule has 3 nitrogen and oxygen atoms in total. The van der Waals surface area contributed by atoms with Crippen molar-refractivity contribution in [3.8, 4) is 0 Å². The zero-order valence-electron chi connectivity index (χ0n) is 11.8. The first kappa shape index (κ1) is 13.9. The van der Waals surface area contributed by atoms with Crippen LogP contribution < -0.4 is 10.6 Å². The van der Waals surface area contributed by atoms with Gasteiger partial charge in [0.05, 0.1) is 5.41 Å². The van der Waals surface area contributed by atoms with E-state index in [0.29, 0.717) is 5.91 Å². The summed E-state index contributed by atoms with van der Waals surface area (Å²) in [5, 5.41) is 6.56. The van der Waals surface area contributed by atoms with Crippen molar-refractivity contribution < 1.29 is 4.79 Å². The summed E-state index contributed by atoms with van der Waals surface area (Å²) in [6.45, 7) is 5.06. The quantitative estimate of drug-likeness (QED) is 0.683. The molecular formula is C15H28N2O. The molecule has 2 aliphatic rings. The zero-order valence-corrected chi connectivity index (χ0v) is 11.8. The Hall–Kier alpha value is -0.570. The molecule has 1 saturated heterocycles. The molecule has 0 bridgehead atoms. The van der Waals surface area contributed by atoms with Gasteiger partial charge in [0.25, 0.3) is 0 Å². The highest BCUT2D eigenvalue weighted by atomic mass is 16.2. The Labute approximate surface area is 111 Å². The highest BCUT2D eigenvalue weighted by Crippen LogP contribution is 2.35. The van der Waals surface area contributed by atoms with Crippen molar-refractivity contribution in [2.24, 2.45) is 11.3 Å². The first-order valence-electron chi connectivity index (χ1n) is 7.76. The average Bonchev–Trinajstić information content (AvgIpc) is 3.20. The maximum absolute atomic E-state index is 12.4. The Morgan fingerprint density at radius 1 is 1.33 bits per heavy atom. The van der Waals surface area contributed by atoms with Gasteiger partial charge in [0.15, 0.2) is 0 Å². The Kier molecular flexibility index (Phi) is 5.04. The molecule has 1 heterocycles. The monoisotopic (exact) mass is 252 g/mol. The van der Waals surface area contributed by atoms with E-state index in [4.69, 9.17) is 0 Å². The Morgan fingerprint density at radius 2 is 2.06 bits per heavy atom. The minimum atomic E-state index is -0.0699. The highest BCUT2D eigenvalue weighted by molar-refractivity contribution is 5.82. The van der Waals surface area contributed by atoms with Crippen molar-refractivity contribution in [2.45, 2.75) is 58.3 Å². The van der Waals surface area contributed by atoms with Crippen LogP contribution in [0, 0.1) is 11.3 Å². The predicted octanol–water partition coefficient (Wildman–Crippen LogP) is 2.46. The topological polar surface area (TPSA) is 41.1 Å². The first-order valence-corrected chi connectivity index (χ1v) is 7.76. The maximum atomic E-state index is 12.4. The molecule has 0 aromatic rings. The number of rotatable bonds is 7. The molecule has 104 valence electrons. The Bertz CT molecular complexity index is 262. The Morgan fingerprint density at radius 3 is 2.67 bits per heavy atom. The standard InChI is InChI=1S/C15H28N2O/c1-2-7-15(8-11-16-12-9-15)14(18)17-10-3-4-13-5-6-13/h13,16H,2-12H2,1H3,(H,17,18). The predicted molar refractivity (Wildman–Crippen MR) is 74.4 cm³/mol. The van der Waals surface area contributed by atoms with Crippen LogP contribution in [0.15, 0.2) is 0 Å². The third kappa shape index (κ3) is 3.71. The van der Waals surface area contributed by atoms with Crippen LogP contribution >= 0.6 is 0 Å².